The van der Waals surface area contributed by atoms with Crippen LogP contribution in [0.3, 0.4) is 0 Å². The molecule has 0 fully saturated rings. The smallest absolute Gasteiger partial charge is 0.251 e. The van der Waals surface area contributed by atoms with Gasteiger partial charge in [-0.05, 0) is 20.8 Å². The molecule has 0 saturated heterocycles. The van der Waals surface area contributed by atoms with E-state index in [-0.39, 0.29) is 6.10 Å². The molecule has 0 heterocycles. The molecule has 0 aliphatic heterocycles. The van der Waals surface area contributed by atoms with Gasteiger partial charge in [0.15, 0.2) is 6.10 Å². The lowest BCUT2D eigenvalue weighted by Crippen LogP contribution is -2.44. The summed E-state index contributed by atoms with van der Waals surface area (Å²) in [6.45, 7) is 6.08. The first-order valence-corrected chi connectivity index (χ1v) is 4.80. The van der Waals surface area contributed by atoms with Crippen LogP contribution in [-0.2, 0) is 9.53 Å². The summed E-state index contributed by atoms with van der Waals surface area (Å²) in [5.74, 6) is -0.441. The third-order valence-electron chi connectivity index (χ3n) is 1.64. The maximum Gasteiger partial charge on any atom is 0.251 e. The molecule has 0 rings (SSSR count). The van der Waals surface area contributed by atoms with Crippen molar-refractivity contribution in [2.24, 2.45) is 5.73 Å². The Bertz CT molecular complexity index is 173. The van der Waals surface area contributed by atoms with Crippen molar-refractivity contribution in [2.75, 3.05) is 13.1 Å². The van der Waals surface area contributed by atoms with Crippen LogP contribution in [0.4, 0.5) is 0 Å². The van der Waals surface area contributed by atoms with Crippen molar-refractivity contribution in [3.05, 3.63) is 0 Å². The van der Waals surface area contributed by atoms with Gasteiger partial charge >= 0.3 is 0 Å². The van der Waals surface area contributed by atoms with Crippen molar-refractivity contribution in [1.82, 2.24) is 5.32 Å². The zero-order valence-electron chi connectivity index (χ0n) is 8.99. The zero-order valence-corrected chi connectivity index (χ0v) is 8.99. The van der Waals surface area contributed by atoms with Crippen LogP contribution in [0, 0.1) is 0 Å². The fourth-order valence-electron chi connectivity index (χ4n) is 1.02. The minimum Gasteiger partial charge on any atom is -0.381 e. The first kappa shape index (κ1) is 13.4. The molecule has 14 heavy (non-hydrogen) atoms. The van der Waals surface area contributed by atoms with Crippen molar-refractivity contribution in [3.63, 3.8) is 0 Å². The molecule has 0 aromatic heterocycles. The van der Waals surface area contributed by atoms with Crippen molar-refractivity contribution in [2.45, 2.75) is 39.1 Å². The van der Waals surface area contributed by atoms with Crippen LogP contribution in [0.5, 0.6) is 0 Å². The van der Waals surface area contributed by atoms with Gasteiger partial charge in [0.05, 0.1) is 12.2 Å². The molecule has 0 saturated carbocycles. The first-order chi connectivity index (χ1) is 6.49. The quantitative estimate of drug-likeness (QED) is 0.531. The third-order valence-corrected chi connectivity index (χ3v) is 1.64. The predicted molar refractivity (Wildman–Crippen MR) is 53.8 cm³/mol. The van der Waals surface area contributed by atoms with Gasteiger partial charge in [-0.15, -0.1) is 0 Å². The molecule has 2 atom stereocenters. The molecule has 84 valence electrons. The van der Waals surface area contributed by atoms with Gasteiger partial charge in [-0.3, -0.25) is 4.79 Å². The number of rotatable bonds is 6. The Morgan fingerprint density at radius 2 is 2.07 bits per heavy atom. The number of aliphatic hydroxyl groups is 1. The number of amides is 1. The third kappa shape index (κ3) is 5.16. The topological polar surface area (TPSA) is 84.6 Å². The van der Waals surface area contributed by atoms with Gasteiger partial charge in [-0.2, -0.15) is 0 Å². The Balaban J connectivity index is 3.90. The minimum absolute atomic E-state index is 0.0121. The highest BCUT2D eigenvalue weighted by molar-refractivity contribution is 5.81. The van der Waals surface area contributed by atoms with Crippen molar-refractivity contribution in [1.29, 1.82) is 0 Å². The molecule has 0 spiro atoms. The molecule has 4 N–H and O–H groups in total. The second kappa shape index (κ2) is 6.75. The molecular weight excluding hydrogens is 184 g/mol. The molecule has 0 aliphatic rings. The molecule has 0 radical (unpaired) electrons. The highest BCUT2D eigenvalue weighted by Gasteiger charge is 2.23. The Morgan fingerprint density at radius 1 is 1.50 bits per heavy atom. The summed E-state index contributed by atoms with van der Waals surface area (Å²) in [5, 5.41) is 12.0. The van der Waals surface area contributed by atoms with Gasteiger partial charge in [0.1, 0.15) is 0 Å². The number of carbonyl (C=O) groups excluding carboxylic acids is 1. The van der Waals surface area contributed by atoms with E-state index in [4.69, 9.17) is 10.5 Å². The molecule has 0 aromatic rings. The molecule has 0 bridgehead atoms. The number of nitrogens with one attached hydrogen (secondary N) is 1. The summed E-state index contributed by atoms with van der Waals surface area (Å²) in [6, 6.07) is 0. The monoisotopic (exact) mass is 204 g/mol. The van der Waals surface area contributed by atoms with Crippen LogP contribution >= 0.6 is 0 Å². The van der Waals surface area contributed by atoms with Gasteiger partial charge in [-0.1, -0.05) is 0 Å². The average Bonchev–Trinajstić information content (AvgIpc) is 2.11. The zero-order chi connectivity index (χ0) is 11.1. The Morgan fingerprint density at radius 3 is 2.50 bits per heavy atom. The van der Waals surface area contributed by atoms with Gasteiger partial charge in [0.25, 0.3) is 5.91 Å². The van der Waals surface area contributed by atoms with Gasteiger partial charge < -0.3 is 20.9 Å². The maximum atomic E-state index is 11.2. The first-order valence-electron chi connectivity index (χ1n) is 4.80. The summed E-state index contributed by atoms with van der Waals surface area (Å²) in [5.41, 5.74) is 5.21. The minimum atomic E-state index is -1.14. The maximum absolute atomic E-state index is 11.2. The van der Waals surface area contributed by atoms with E-state index in [1.54, 1.807) is 6.92 Å². The van der Waals surface area contributed by atoms with Gasteiger partial charge in [0, 0.05) is 13.1 Å². The summed E-state index contributed by atoms with van der Waals surface area (Å²) >= 11 is 0. The molecule has 0 aromatic carbocycles. The van der Waals surface area contributed by atoms with E-state index in [0.717, 1.165) is 0 Å². The van der Waals surface area contributed by atoms with E-state index < -0.39 is 18.1 Å². The fraction of sp³-hybridized carbons (Fsp3) is 0.889. The highest BCUT2D eigenvalue weighted by atomic mass is 16.5. The second-order valence-corrected chi connectivity index (χ2v) is 3.41. The van der Waals surface area contributed by atoms with Crippen LogP contribution in [0.25, 0.3) is 0 Å². The van der Waals surface area contributed by atoms with E-state index in [9.17, 15) is 9.90 Å². The van der Waals surface area contributed by atoms with Crippen LogP contribution in [-0.4, -0.2) is 42.4 Å². The van der Waals surface area contributed by atoms with Crippen molar-refractivity contribution in [3.8, 4) is 0 Å². The Labute approximate surface area is 84.6 Å². The number of aliphatic hydroxyl groups excluding tert-OH is 1. The normalized spacial score (nSPS) is 15.3. The number of hydrogen-bond acceptors (Lipinski definition) is 4. The molecule has 5 nitrogen and oxygen atoms in total. The van der Waals surface area contributed by atoms with Crippen LogP contribution in [0.2, 0.25) is 0 Å². The van der Waals surface area contributed by atoms with Gasteiger partial charge in [0.2, 0.25) is 0 Å². The molecule has 5 heteroatoms. The van der Waals surface area contributed by atoms with E-state index in [0.29, 0.717) is 13.1 Å². The summed E-state index contributed by atoms with van der Waals surface area (Å²) < 4.78 is 5.27. The molecule has 1 amide bonds. The van der Waals surface area contributed by atoms with E-state index in [1.165, 1.54) is 0 Å². The number of hydrogen-bond donors (Lipinski definition) is 3. The summed E-state index contributed by atoms with van der Waals surface area (Å²) in [6.07, 6.45) is -1.65. The van der Waals surface area contributed by atoms with Crippen molar-refractivity contribution >= 4 is 5.91 Å². The van der Waals surface area contributed by atoms with Crippen LogP contribution in [0.1, 0.15) is 20.8 Å². The molecular formula is C9H20N2O3. The standard InChI is InChI=1S/C9H20N2O3/c1-6(2)14-7(3)8(12)9(13)11-5-4-10/h6-8,12H,4-5,10H2,1-3H3,(H,11,13)/t7-,8?/m0/s1. The molecule has 0 aliphatic carbocycles. The summed E-state index contributed by atoms with van der Waals surface area (Å²) in [7, 11) is 0. The SMILES string of the molecule is CC(C)O[C@@H](C)C(O)C(=O)NCCN. The number of nitrogens with two attached hydrogens (primary N) is 1. The van der Waals surface area contributed by atoms with Crippen molar-refractivity contribution < 1.29 is 14.6 Å². The van der Waals surface area contributed by atoms with Crippen LogP contribution < -0.4 is 11.1 Å². The molecule has 1 unspecified atom stereocenters. The number of carbonyl (C=O) groups is 1. The van der Waals surface area contributed by atoms with Gasteiger partial charge in [-0.25, -0.2) is 0 Å². The lowest BCUT2D eigenvalue weighted by Gasteiger charge is -2.20. The number of ether oxygens (including phenoxy) is 1. The predicted octanol–water partition coefficient (Wildman–Crippen LogP) is -0.764. The van der Waals surface area contributed by atoms with Crippen LogP contribution in [0.15, 0.2) is 0 Å². The second-order valence-electron chi connectivity index (χ2n) is 3.41. The van der Waals surface area contributed by atoms with E-state index in [1.807, 2.05) is 13.8 Å². The largest absolute Gasteiger partial charge is 0.381 e. The lowest BCUT2D eigenvalue weighted by molar-refractivity contribution is -0.139. The van der Waals surface area contributed by atoms with E-state index in [2.05, 4.69) is 5.32 Å². The fourth-order valence-corrected chi connectivity index (χ4v) is 1.02. The highest BCUT2D eigenvalue weighted by Crippen LogP contribution is 2.02. The Hall–Kier alpha value is -0.650. The Kier molecular flexibility index (Phi) is 6.44. The summed E-state index contributed by atoms with van der Waals surface area (Å²) in [4.78, 5) is 11.2. The average molecular weight is 204 g/mol. The lowest BCUT2D eigenvalue weighted by atomic mass is 10.2. The van der Waals surface area contributed by atoms with E-state index >= 15 is 0 Å².